The number of aromatic nitrogens is 4. The van der Waals surface area contributed by atoms with Gasteiger partial charge in [0.15, 0.2) is 0 Å². The maximum atomic E-state index is 5.91. The van der Waals surface area contributed by atoms with Crippen molar-refractivity contribution in [2.24, 2.45) is 0 Å². The minimum absolute atomic E-state index is 0.283. The number of piperidine rings is 1. The molecule has 1 saturated heterocycles. The third-order valence-electron chi connectivity index (χ3n) is 4.00. The van der Waals surface area contributed by atoms with Crippen molar-refractivity contribution in [1.82, 2.24) is 25.3 Å². The third kappa shape index (κ3) is 3.26. The molecule has 1 aliphatic rings. The Labute approximate surface area is 138 Å². The van der Waals surface area contributed by atoms with Gasteiger partial charge >= 0.3 is 0 Å². The Balaban J connectivity index is 1.47. The number of hydrogen-bond donors (Lipinski definition) is 1. The van der Waals surface area contributed by atoms with Crippen molar-refractivity contribution in [2.45, 2.75) is 32.5 Å². The number of rotatable bonds is 4. The fourth-order valence-electron chi connectivity index (χ4n) is 2.83. The van der Waals surface area contributed by atoms with Crippen molar-refractivity contribution in [2.75, 3.05) is 13.1 Å². The molecule has 120 valence electrons. The van der Waals surface area contributed by atoms with Crippen LogP contribution in [0.4, 0.5) is 0 Å². The Kier molecular flexibility index (Phi) is 4.07. The lowest BCUT2D eigenvalue weighted by molar-refractivity contribution is 0.0236. The van der Waals surface area contributed by atoms with E-state index >= 15 is 0 Å². The zero-order valence-corrected chi connectivity index (χ0v) is 13.8. The van der Waals surface area contributed by atoms with Gasteiger partial charge in [0.25, 0.3) is 0 Å². The molecule has 0 radical (unpaired) electrons. The van der Waals surface area contributed by atoms with E-state index in [1.807, 2.05) is 25.3 Å². The van der Waals surface area contributed by atoms with E-state index in [4.69, 9.17) is 4.74 Å². The minimum atomic E-state index is 0.283. The lowest BCUT2D eigenvalue weighted by Gasteiger charge is -2.22. The van der Waals surface area contributed by atoms with Crippen LogP contribution >= 0.6 is 11.3 Å². The summed E-state index contributed by atoms with van der Waals surface area (Å²) in [5.41, 5.74) is 2.89. The standard InChI is InChI=1S/C16H19N5OS/c1-11-18-15-5-4-13(7-16(15)23-11)21-9-12(19-20-21)10-22-14-3-2-6-17-8-14/h4-5,7,9,14,17H,2-3,6,8,10H2,1H3. The van der Waals surface area contributed by atoms with Crippen molar-refractivity contribution in [3.8, 4) is 5.69 Å². The first-order valence-electron chi connectivity index (χ1n) is 7.89. The molecule has 0 bridgehead atoms. The van der Waals surface area contributed by atoms with Crippen LogP contribution in [0.5, 0.6) is 0 Å². The van der Waals surface area contributed by atoms with E-state index in [1.54, 1.807) is 16.0 Å². The van der Waals surface area contributed by atoms with Gasteiger partial charge in [-0.25, -0.2) is 9.67 Å². The number of nitrogens with zero attached hydrogens (tertiary/aromatic N) is 4. The molecular formula is C16H19N5OS. The molecule has 3 heterocycles. The van der Waals surface area contributed by atoms with E-state index in [2.05, 4.69) is 26.7 Å². The highest BCUT2D eigenvalue weighted by molar-refractivity contribution is 7.18. The molecule has 1 aliphatic heterocycles. The number of ether oxygens (including phenoxy) is 1. The van der Waals surface area contributed by atoms with Gasteiger partial charge in [-0.3, -0.25) is 0 Å². The minimum Gasteiger partial charge on any atom is -0.370 e. The molecule has 23 heavy (non-hydrogen) atoms. The molecule has 0 amide bonds. The van der Waals surface area contributed by atoms with Crippen molar-refractivity contribution in [1.29, 1.82) is 0 Å². The highest BCUT2D eigenvalue weighted by Crippen LogP contribution is 2.24. The predicted molar refractivity (Wildman–Crippen MR) is 90.0 cm³/mol. The van der Waals surface area contributed by atoms with Gasteiger partial charge in [0.05, 0.1) is 39.8 Å². The fourth-order valence-corrected chi connectivity index (χ4v) is 3.69. The first-order chi connectivity index (χ1) is 11.3. The van der Waals surface area contributed by atoms with E-state index in [0.717, 1.165) is 41.4 Å². The van der Waals surface area contributed by atoms with Crippen LogP contribution in [0, 0.1) is 6.92 Å². The highest BCUT2D eigenvalue weighted by atomic mass is 32.1. The molecule has 1 aromatic carbocycles. The Bertz CT molecular complexity index is 806. The monoisotopic (exact) mass is 329 g/mol. The summed E-state index contributed by atoms with van der Waals surface area (Å²) in [6.07, 6.45) is 4.50. The predicted octanol–water partition coefficient (Wildman–Crippen LogP) is 2.45. The van der Waals surface area contributed by atoms with Gasteiger partial charge in [-0.15, -0.1) is 16.4 Å². The summed E-state index contributed by atoms with van der Waals surface area (Å²) >= 11 is 1.69. The van der Waals surface area contributed by atoms with E-state index in [1.165, 1.54) is 11.1 Å². The molecule has 0 saturated carbocycles. The van der Waals surface area contributed by atoms with E-state index in [9.17, 15) is 0 Å². The quantitative estimate of drug-likeness (QED) is 0.796. The first-order valence-corrected chi connectivity index (χ1v) is 8.71. The van der Waals surface area contributed by atoms with Crippen molar-refractivity contribution < 1.29 is 4.74 Å². The maximum Gasteiger partial charge on any atom is 0.109 e. The van der Waals surface area contributed by atoms with Crippen LogP contribution in [-0.2, 0) is 11.3 Å². The number of aryl methyl sites for hydroxylation is 1. The largest absolute Gasteiger partial charge is 0.370 e. The Morgan fingerprint density at radius 1 is 1.43 bits per heavy atom. The second kappa shape index (κ2) is 6.35. The molecule has 1 unspecified atom stereocenters. The topological polar surface area (TPSA) is 64.9 Å². The van der Waals surface area contributed by atoms with Gasteiger partial charge in [0, 0.05) is 6.54 Å². The zero-order valence-electron chi connectivity index (χ0n) is 13.0. The van der Waals surface area contributed by atoms with Gasteiger partial charge in [0.2, 0.25) is 0 Å². The molecule has 7 heteroatoms. The van der Waals surface area contributed by atoms with Gasteiger partial charge in [-0.1, -0.05) is 5.21 Å². The van der Waals surface area contributed by atoms with Crippen LogP contribution in [0.25, 0.3) is 15.9 Å². The van der Waals surface area contributed by atoms with Gasteiger partial charge < -0.3 is 10.1 Å². The smallest absolute Gasteiger partial charge is 0.109 e. The normalized spacial score (nSPS) is 18.6. The summed E-state index contributed by atoms with van der Waals surface area (Å²) in [6, 6.07) is 6.15. The summed E-state index contributed by atoms with van der Waals surface area (Å²) in [7, 11) is 0. The molecule has 1 fully saturated rings. The van der Waals surface area contributed by atoms with Crippen LogP contribution in [0.1, 0.15) is 23.5 Å². The average Bonchev–Trinajstić information content (AvgIpc) is 3.18. The van der Waals surface area contributed by atoms with Crippen molar-refractivity contribution in [3.05, 3.63) is 35.1 Å². The number of benzene rings is 1. The molecule has 3 aromatic rings. The Morgan fingerprint density at radius 2 is 2.39 bits per heavy atom. The van der Waals surface area contributed by atoms with Crippen molar-refractivity contribution in [3.63, 3.8) is 0 Å². The van der Waals surface area contributed by atoms with Gasteiger partial charge in [-0.05, 0) is 44.5 Å². The summed E-state index contributed by atoms with van der Waals surface area (Å²) in [4.78, 5) is 4.48. The maximum absolute atomic E-state index is 5.91. The van der Waals surface area contributed by atoms with Crippen LogP contribution in [0.2, 0.25) is 0 Å². The van der Waals surface area contributed by atoms with E-state index < -0.39 is 0 Å². The lowest BCUT2D eigenvalue weighted by Crippen LogP contribution is -2.35. The Hall–Kier alpha value is -1.83. The highest BCUT2D eigenvalue weighted by Gasteiger charge is 2.14. The third-order valence-corrected chi connectivity index (χ3v) is 4.94. The second-order valence-corrected chi connectivity index (χ2v) is 7.05. The summed E-state index contributed by atoms with van der Waals surface area (Å²) in [6.45, 7) is 4.55. The molecule has 2 aromatic heterocycles. The molecule has 0 aliphatic carbocycles. The van der Waals surface area contributed by atoms with Crippen LogP contribution in [0.3, 0.4) is 0 Å². The molecule has 1 N–H and O–H groups in total. The summed E-state index contributed by atoms with van der Waals surface area (Å²) in [5, 5.41) is 12.9. The van der Waals surface area contributed by atoms with Crippen molar-refractivity contribution >= 4 is 21.6 Å². The number of thiazole rings is 1. The van der Waals surface area contributed by atoms with Gasteiger partial charge in [0.1, 0.15) is 5.69 Å². The molecular weight excluding hydrogens is 310 g/mol. The average molecular weight is 329 g/mol. The zero-order chi connectivity index (χ0) is 15.6. The first kappa shape index (κ1) is 14.7. The van der Waals surface area contributed by atoms with Gasteiger partial charge in [-0.2, -0.15) is 0 Å². The SMILES string of the molecule is Cc1nc2ccc(-n3cc(COC4CCCNC4)nn3)cc2s1. The molecule has 1 atom stereocenters. The second-order valence-electron chi connectivity index (χ2n) is 5.82. The molecule has 6 nitrogen and oxygen atoms in total. The number of fused-ring (bicyclic) bond motifs is 1. The summed E-state index contributed by atoms with van der Waals surface area (Å²) in [5.74, 6) is 0. The van der Waals surface area contributed by atoms with E-state index in [-0.39, 0.29) is 6.10 Å². The molecule has 4 rings (SSSR count). The van der Waals surface area contributed by atoms with Crippen LogP contribution in [-0.4, -0.2) is 39.2 Å². The molecule has 0 spiro atoms. The summed E-state index contributed by atoms with van der Waals surface area (Å²) < 4.78 is 8.87. The van der Waals surface area contributed by atoms with Crippen LogP contribution < -0.4 is 5.32 Å². The number of hydrogen-bond acceptors (Lipinski definition) is 6. The Morgan fingerprint density at radius 3 is 3.26 bits per heavy atom. The number of nitrogens with one attached hydrogen (secondary N) is 1. The lowest BCUT2D eigenvalue weighted by atomic mass is 10.1. The fraction of sp³-hybridized carbons (Fsp3) is 0.438. The van der Waals surface area contributed by atoms with E-state index in [0.29, 0.717) is 6.61 Å². The van der Waals surface area contributed by atoms with Crippen LogP contribution in [0.15, 0.2) is 24.4 Å².